The van der Waals surface area contributed by atoms with Gasteiger partial charge in [-0.15, -0.1) is 0 Å². The number of nitrogen functional groups attached to an aromatic ring is 1. The van der Waals surface area contributed by atoms with Gasteiger partial charge in [-0.3, -0.25) is 4.98 Å². The molecule has 1 aliphatic rings. The molecule has 31 heavy (non-hydrogen) atoms. The number of benzene rings is 1. The number of aromatic carboxylic acids is 1. The molecule has 0 aliphatic heterocycles. The van der Waals surface area contributed by atoms with Crippen LogP contribution in [-0.2, 0) is 0 Å². The third-order valence-electron chi connectivity index (χ3n) is 5.57. The van der Waals surface area contributed by atoms with E-state index in [1.54, 1.807) is 26.4 Å². The second-order valence-corrected chi connectivity index (χ2v) is 7.62. The minimum Gasteiger partial charge on any atom is -0.494 e. The van der Waals surface area contributed by atoms with Crippen LogP contribution >= 0.6 is 0 Å². The van der Waals surface area contributed by atoms with E-state index in [-0.39, 0.29) is 23.4 Å². The Bertz CT molecular complexity index is 1100. The van der Waals surface area contributed by atoms with Crippen molar-refractivity contribution >= 4 is 28.5 Å². The lowest BCUT2D eigenvalue weighted by Gasteiger charge is -2.30. The number of carbonyl (C=O) groups is 1. The Morgan fingerprint density at radius 3 is 2.55 bits per heavy atom. The van der Waals surface area contributed by atoms with E-state index in [1.807, 2.05) is 18.2 Å². The van der Waals surface area contributed by atoms with Crippen LogP contribution in [0, 0.1) is 6.92 Å². The van der Waals surface area contributed by atoms with Crippen molar-refractivity contribution in [3.63, 3.8) is 0 Å². The minimum absolute atomic E-state index is 0.00872. The molecule has 0 unspecified atom stereocenters. The van der Waals surface area contributed by atoms with E-state index in [1.165, 1.54) is 0 Å². The molecule has 9 heteroatoms. The fraction of sp³-hybridized carbons (Fsp3) is 0.364. The summed E-state index contributed by atoms with van der Waals surface area (Å²) in [6.45, 7) is 1.65. The average Bonchev–Trinajstić information content (AvgIpc) is 2.75. The molecule has 4 rings (SSSR count). The van der Waals surface area contributed by atoms with Crippen molar-refractivity contribution in [1.82, 2.24) is 15.0 Å². The topological polar surface area (TPSA) is 132 Å². The molecule has 0 spiro atoms. The number of hydrogen-bond donors (Lipinski definition) is 3. The number of pyridine rings is 1. The highest BCUT2D eigenvalue weighted by molar-refractivity contribution is 6.06. The van der Waals surface area contributed by atoms with Gasteiger partial charge in [-0.25, -0.2) is 14.8 Å². The zero-order valence-electron chi connectivity index (χ0n) is 17.5. The highest BCUT2D eigenvalue weighted by atomic mass is 16.5. The van der Waals surface area contributed by atoms with Crippen LogP contribution in [0.4, 0.5) is 11.6 Å². The van der Waals surface area contributed by atoms with E-state index in [0.717, 1.165) is 25.7 Å². The average molecular weight is 423 g/mol. The van der Waals surface area contributed by atoms with E-state index in [4.69, 9.17) is 15.2 Å². The number of methoxy groups -OCH3 is 1. The molecular weight excluding hydrogens is 398 g/mol. The van der Waals surface area contributed by atoms with Gasteiger partial charge in [0.05, 0.1) is 47.9 Å². The zero-order valence-corrected chi connectivity index (χ0v) is 17.5. The van der Waals surface area contributed by atoms with Gasteiger partial charge < -0.3 is 25.6 Å². The Hall–Kier alpha value is -3.62. The summed E-state index contributed by atoms with van der Waals surface area (Å²) >= 11 is 0. The van der Waals surface area contributed by atoms with Crippen molar-refractivity contribution in [3.8, 4) is 11.5 Å². The molecule has 0 atom stereocenters. The van der Waals surface area contributed by atoms with Gasteiger partial charge in [0.15, 0.2) is 5.75 Å². The maximum Gasteiger partial charge on any atom is 0.339 e. The molecule has 4 N–H and O–H groups in total. The molecule has 1 aromatic carbocycles. The third-order valence-corrected chi connectivity index (χ3v) is 5.57. The summed E-state index contributed by atoms with van der Waals surface area (Å²) in [5, 5.41) is 13.4. The van der Waals surface area contributed by atoms with Gasteiger partial charge in [0.1, 0.15) is 11.3 Å². The van der Waals surface area contributed by atoms with Gasteiger partial charge in [-0.2, -0.15) is 0 Å². The summed E-state index contributed by atoms with van der Waals surface area (Å²) in [6, 6.07) is 5.73. The van der Waals surface area contributed by atoms with Crippen LogP contribution in [-0.4, -0.2) is 45.3 Å². The van der Waals surface area contributed by atoms with E-state index in [2.05, 4.69) is 20.3 Å². The Morgan fingerprint density at radius 2 is 1.90 bits per heavy atom. The number of nitrogens with one attached hydrogen (secondary N) is 1. The van der Waals surface area contributed by atoms with Gasteiger partial charge in [0.2, 0.25) is 5.95 Å². The van der Waals surface area contributed by atoms with Crippen LogP contribution in [0.25, 0.3) is 10.9 Å². The third kappa shape index (κ3) is 4.30. The first-order valence-corrected chi connectivity index (χ1v) is 10.2. The lowest BCUT2D eigenvalue weighted by atomic mass is 9.93. The van der Waals surface area contributed by atoms with Gasteiger partial charge in [-0.1, -0.05) is 6.07 Å². The number of aromatic nitrogens is 3. The standard InChI is InChI=1S/C22H25N5O4/c1-12-18(21(28)29)20(23)19-16(26-12)4-3-5-17(19)31-14-8-6-13(7-9-14)27-22-24-10-15(30-2)11-25-22/h3-5,10-11,13-14H,6-9H2,1-2H3,(H2,23,26)(H,28,29)(H,24,25,27)/t13-,14-. The van der Waals surface area contributed by atoms with Crippen molar-refractivity contribution < 1.29 is 19.4 Å². The van der Waals surface area contributed by atoms with Crippen LogP contribution in [0.3, 0.4) is 0 Å². The first kappa shape index (κ1) is 20.6. The Kier molecular flexibility index (Phi) is 5.75. The number of hydrogen-bond acceptors (Lipinski definition) is 8. The quantitative estimate of drug-likeness (QED) is 0.545. The van der Waals surface area contributed by atoms with E-state index in [0.29, 0.717) is 34.0 Å². The highest BCUT2D eigenvalue weighted by Crippen LogP contribution is 2.35. The molecule has 1 fully saturated rings. The van der Waals surface area contributed by atoms with Crippen LogP contribution in [0.1, 0.15) is 41.7 Å². The molecule has 0 bridgehead atoms. The van der Waals surface area contributed by atoms with Crippen LogP contribution in [0.5, 0.6) is 11.5 Å². The number of aryl methyl sites for hydroxylation is 1. The number of carboxylic acid groups (broad SMARTS) is 1. The van der Waals surface area contributed by atoms with Gasteiger partial charge in [-0.05, 0) is 44.7 Å². The molecule has 0 radical (unpaired) electrons. The summed E-state index contributed by atoms with van der Waals surface area (Å²) in [5.74, 6) is 0.675. The minimum atomic E-state index is -1.09. The first-order valence-electron chi connectivity index (χ1n) is 10.2. The van der Waals surface area contributed by atoms with E-state index in [9.17, 15) is 9.90 Å². The van der Waals surface area contributed by atoms with Crippen molar-refractivity contribution in [3.05, 3.63) is 41.9 Å². The van der Waals surface area contributed by atoms with Crippen LogP contribution in [0.2, 0.25) is 0 Å². The number of ether oxygens (including phenoxy) is 2. The summed E-state index contributed by atoms with van der Waals surface area (Å²) in [5.41, 5.74) is 7.46. The second-order valence-electron chi connectivity index (χ2n) is 7.62. The molecule has 9 nitrogen and oxygen atoms in total. The predicted octanol–water partition coefficient (Wildman–Crippen LogP) is 3.42. The lowest BCUT2D eigenvalue weighted by molar-refractivity contribution is 0.0697. The number of nitrogens with two attached hydrogens (primary N) is 1. The van der Waals surface area contributed by atoms with E-state index < -0.39 is 5.97 Å². The van der Waals surface area contributed by atoms with Crippen molar-refractivity contribution in [2.24, 2.45) is 0 Å². The molecular formula is C22H25N5O4. The fourth-order valence-electron chi connectivity index (χ4n) is 3.99. The number of fused-ring (bicyclic) bond motifs is 1. The van der Waals surface area contributed by atoms with Crippen LogP contribution in [0.15, 0.2) is 30.6 Å². The normalized spacial score (nSPS) is 18.5. The number of nitrogens with zero attached hydrogens (tertiary/aromatic N) is 3. The molecule has 1 aliphatic carbocycles. The van der Waals surface area contributed by atoms with Crippen LogP contribution < -0.4 is 20.5 Å². The largest absolute Gasteiger partial charge is 0.494 e. The molecule has 0 saturated heterocycles. The summed E-state index contributed by atoms with van der Waals surface area (Å²) < 4.78 is 11.3. The highest BCUT2D eigenvalue weighted by Gasteiger charge is 2.25. The fourth-order valence-corrected chi connectivity index (χ4v) is 3.99. The Morgan fingerprint density at radius 1 is 1.19 bits per heavy atom. The SMILES string of the molecule is COc1cnc(N[C@H]2CC[C@H](Oc3cccc4nc(C)c(C(=O)O)c(N)c34)CC2)nc1. The number of anilines is 2. The number of carboxylic acids is 1. The summed E-state index contributed by atoms with van der Waals surface area (Å²) in [6.07, 6.45) is 6.77. The first-order chi connectivity index (χ1) is 15.0. The summed E-state index contributed by atoms with van der Waals surface area (Å²) in [4.78, 5) is 24.5. The Labute approximate surface area is 179 Å². The molecule has 1 saturated carbocycles. The predicted molar refractivity (Wildman–Crippen MR) is 117 cm³/mol. The lowest BCUT2D eigenvalue weighted by Crippen LogP contribution is -2.31. The molecule has 162 valence electrons. The van der Waals surface area contributed by atoms with Crippen molar-refractivity contribution in [2.75, 3.05) is 18.2 Å². The van der Waals surface area contributed by atoms with Gasteiger partial charge >= 0.3 is 5.97 Å². The Balaban J connectivity index is 1.45. The monoisotopic (exact) mass is 423 g/mol. The summed E-state index contributed by atoms with van der Waals surface area (Å²) in [7, 11) is 1.58. The van der Waals surface area contributed by atoms with Crippen molar-refractivity contribution in [2.45, 2.75) is 44.8 Å². The number of rotatable bonds is 6. The van der Waals surface area contributed by atoms with Crippen molar-refractivity contribution in [1.29, 1.82) is 0 Å². The second kappa shape index (κ2) is 8.63. The molecule has 2 aromatic heterocycles. The smallest absolute Gasteiger partial charge is 0.339 e. The maximum absolute atomic E-state index is 11.6. The van der Waals surface area contributed by atoms with E-state index >= 15 is 0 Å². The zero-order chi connectivity index (χ0) is 22.0. The molecule has 0 amide bonds. The van der Waals surface area contributed by atoms with Gasteiger partial charge in [0.25, 0.3) is 0 Å². The molecule has 3 aromatic rings. The molecule has 2 heterocycles. The van der Waals surface area contributed by atoms with Gasteiger partial charge in [0, 0.05) is 6.04 Å². The maximum atomic E-state index is 11.6.